The first-order valence-corrected chi connectivity index (χ1v) is 10.9. The molecule has 0 atom stereocenters. The first kappa shape index (κ1) is 20.0. The Morgan fingerprint density at radius 2 is 1.97 bits per heavy atom. The molecule has 0 aliphatic rings. The van der Waals surface area contributed by atoms with Gasteiger partial charge in [0.15, 0.2) is 10.3 Å². The second-order valence-electron chi connectivity index (χ2n) is 6.39. The monoisotopic (exact) mass is 446 g/mol. The highest BCUT2D eigenvalue weighted by Crippen LogP contribution is 2.33. The lowest BCUT2D eigenvalue weighted by Gasteiger charge is -2.12. The number of anilines is 1. The molecule has 154 valence electrons. The fraction of sp³-hybridized carbons (Fsp3) is 0.105. The summed E-state index contributed by atoms with van der Waals surface area (Å²) in [6.45, 7) is 1.91. The van der Waals surface area contributed by atoms with Crippen LogP contribution in [0.4, 0.5) is 9.52 Å². The first-order chi connectivity index (χ1) is 14.3. The summed E-state index contributed by atoms with van der Waals surface area (Å²) in [5, 5.41) is 6.43. The maximum absolute atomic E-state index is 13.1. The van der Waals surface area contributed by atoms with Gasteiger partial charge in [-0.1, -0.05) is 29.0 Å². The Morgan fingerprint density at radius 1 is 1.17 bits per heavy atom. The second-order valence-corrected chi connectivity index (χ2v) is 9.05. The first-order valence-electron chi connectivity index (χ1n) is 8.60. The van der Waals surface area contributed by atoms with Crippen LogP contribution in [0, 0.1) is 12.1 Å². The number of aromatic amines is 1. The zero-order valence-corrected chi connectivity index (χ0v) is 17.4. The second kappa shape index (κ2) is 7.50. The van der Waals surface area contributed by atoms with Crippen molar-refractivity contribution in [1.29, 1.82) is 0 Å². The minimum atomic E-state index is -4.07. The molecule has 4 rings (SSSR count). The van der Waals surface area contributed by atoms with Crippen molar-refractivity contribution in [3.05, 3.63) is 63.6 Å². The molecule has 0 saturated carbocycles. The van der Waals surface area contributed by atoms with E-state index in [1.54, 1.807) is 6.07 Å². The topological polar surface area (TPSA) is 114 Å². The number of aryl methyl sites for hydroxylation is 1. The van der Waals surface area contributed by atoms with E-state index in [2.05, 4.69) is 19.9 Å². The van der Waals surface area contributed by atoms with Gasteiger partial charge >= 0.3 is 0 Å². The van der Waals surface area contributed by atoms with Crippen LogP contribution in [-0.2, 0) is 10.0 Å². The van der Waals surface area contributed by atoms with E-state index in [0.29, 0.717) is 33.7 Å². The van der Waals surface area contributed by atoms with Gasteiger partial charge in [-0.25, -0.2) is 18.5 Å². The molecule has 0 unspecified atom stereocenters. The van der Waals surface area contributed by atoms with Crippen molar-refractivity contribution in [2.75, 3.05) is 11.8 Å². The van der Waals surface area contributed by atoms with E-state index in [-0.39, 0.29) is 15.4 Å². The van der Waals surface area contributed by atoms with E-state index in [0.717, 1.165) is 11.8 Å². The molecule has 11 heteroatoms. The standard InChI is InChI=1S/C19H15FN4O4S2/c1-10-3-6-15(28-2)14(7-10)17-12-5-4-11(8-13(12)18(25)23-22-17)30(26,27)24-19-21-9-16(20)29-19/h3-9H,1-2H3,(H,21,24)(H,23,25). The molecule has 30 heavy (non-hydrogen) atoms. The molecule has 8 nitrogen and oxygen atoms in total. The predicted molar refractivity (Wildman–Crippen MR) is 112 cm³/mol. The van der Waals surface area contributed by atoms with Crippen molar-refractivity contribution in [2.45, 2.75) is 11.8 Å². The van der Waals surface area contributed by atoms with E-state index in [9.17, 15) is 17.6 Å². The van der Waals surface area contributed by atoms with E-state index < -0.39 is 20.7 Å². The van der Waals surface area contributed by atoms with Crippen LogP contribution >= 0.6 is 11.3 Å². The predicted octanol–water partition coefficient (Wildman–Crippen LogP) is 3.30. The molecule has 0 fully saturated rings. The third-order valence-corrected chi connectivity index (χ3v) is 6.55. The largest absolute Gasteiger partial charge is 0.496 e. The van der Waals surface area contributed by atoms with Crippen LogP contribution in [0.1, 0.15) is 5.56 Å². The Bertz CT molecular complexity index is 1430. The van der Waals surface area contributed by atoms with Crippen molar-refractivity contribution in [2.24, 2.45) is 0 Å². The summed E-state index contributed by atoms with van der Waals surface area (Å²) < 4.78 is 46.0. The number of thiazole rings is 1. The molecule has 2 heterocycles. The van der Waals surface area contributed by atoms with Gasteiger partial charge in [0.25, 0.3) is 15.6 Å². The summed E-state index contributed by atoms with van der Waals surface area (Å²) in [5.41, 5.74) is 1.53. The van der Waals surface area contributed by atoms with E-state index >= 15 is 0 Å². The van der Waals surface area contributed by atoms with Crippen LogP contribution in [0.25, 0.3) is 22.0 Å². The molecule has 2 N–H and O–H groups in total. The number of nitrogens with zero attached hydrogens (tertiary/aromatic N) is 2. The summed E-state index contributed by atoms with van der Waals surface area (Å²) in [7, 11) is -2.54. The van der Waals surface area contributed by atoms with Crippen LogP contribution in [0.5, 0.6) is 5.75 Å². The Hall–Kier alpha value is -3.31. The lowest BCUT2D eigenvalue weighted by molar-refractivity contribution is 0.416. The molecule has 0 aliphatic heterocycles. The van der Waals surface area contributed by atoms with Gasteiger partial charge in [0, 0.05) is 10.9 Å². The highest BCUT2D eigenvalue weighted by molar-refractivity contribution is 7.93. The van der Waals surface area contributed by atoms with Crippen LogP contribution in [-0.4, -0.2) is 30.7 Å². The van der Waals surface area contributed by atoms with Gasteiger partial charge in [-0.3, -0.25) is 9.52 Å². The summed E-state index contributed by atoms with van der Waals surface area (Å²) in [5.74, 6) is 0.561. The van der Waals surface area contributed by atoms with Gasteiger partial charge in [0.2, 0.25) is 0 Å². The van der Waals surface area contributed by atoms with Crippen molar-refractivity contribution >= 4 is 37.3 Å². The highest BCUT2D eigenvalue weighted by Gasteiger charge is 2.20. The molecule has 4 aromatic rings. The third-order valence-electron chi connectivity index (χ3n) is 4.38. The Morgan fingerprint density at radius 3 is 2.67 bits per heavy atom. The number of ether oxygens (including phenoxy) is 1. The minimum absolute atomic E-state index is 0.110. The summed E-state index contributed by atoms with van der Waals surface area (Å²) in [6, 6.07) is 9.64. The molecule has 0 aliphatic carbocycles. The van der Waals surface area contributed by atoms with E-state index in [1.807, 2.05) is 19.1 Å². The number of aromatic nitrogens is 3. The van der Waals surface area contributed by atoms with Crippen LogP contribution < -0.4 is 15.0 Å². The Balaban J connectivity index is 1.86. The molecule has 0 bridgehead atoms. The number of hydrogen-bond acceptors (Lipinski definition) is 7. The quantitative estimate of drug-likeness (QED) is 0.486. The van der Waals surface area contributed by atoms with Gasteiger partial charge < -0.3 is 4.74 Å². The van der Waals surface area contributed by atoms with Gasteiger partial charge in [0.05, 0.1) is 23.6 Å². The third kappa shape index (κ3) is 3.64. The fourth-order valence-corrected chi connectivity index (χ4v) is 4.81. The SMILES string of the molecule is COc1ccc(C)cc1-c1n[nH]c(=O)c2cc(S(=O)(=O)Nc3ncc(F)s3)ccc12. The number of nitrogens with one attached hydrogen (secondary N) is 2. The molecule has 0 radical (unpaired) electrons. The fourth-order valence-electron chi connectivity index (χ4n) is 3.00. The van der Waals surface area contributed by atoms with Crippen molar-refractivity contribution in [1.82, 2.24) is 15.2 Å². The Labute approximate surface area is 174 Å². The number of H-pyrrole nitrogens is 1. The van der Waals surface area contributed by atoms with Gasteiger partial charge in [0.1, 0.15) is 11.4 Å². The normalized spacial score (nSPS) is 11.6. The lowest BCUT2D eigenvalue weighted by Crippen LogP contribution is -2.15. The number of methoxy groups -OCH3 is 1. The number of rotatable bonds is 5. The summed E-state index contributed by atoms with van der Waals surface area (Å²) in [6.07, 6.45) is 0.917. The molecule has 0 spiro atoms. The maximum atomic E-state index is 13.1. The van der Waals surface area contributed by atoms with Gasteiger partial charge in [-0.15, -0.1) is 0 Å². The average Bonchev–Trinajstić information content (AvgIpc) is 3.12. The molecular weight excluding hydrogens is 431 g/mol. The zero-order chi connectivity index (χ0) is 21.5. The number of sulfonamides is 1. The number of halogens is 1. The highest BCUT2D eigenvalue weighted by atomic mass is 32.2. The minimum Gasteiger partial charge on any atom is -0.496 e. The number of fused-ring (bicyclic) bond motifs is 1. The van der Waals surface area contributed by atoms with Crippen molar-refractivity contribution < 1.29 is 17.5 Å². The van der Waals surface area contributed by atoms with E-state index in [4.69, 9.17) is 4.74 Å². The van der Waals surface area contributed by atoms with Gasteiger partial charge in [-0.05, 0) is 31.2 Å². The van der Waals surface area contributed by atoms with Gasteiger partial charge in [-0.2, -0.15) is 9.49 Å². The lowest BCUT2D eigenvalue weighted by atomic mass is 10.0. The average molecular weight is 446 g/mol. The van der Waals surface area contributed by atoms with Crippen LogP contribution in [0.3, 0.4) is 0 Å². The van der Waals surface area contributed by atoms with Crippen molar-refractivity contribution in [3.63, 3.8) is 0 Å². The van der Waals surface area contributed by atoms with Crippen LogP contribution in [0.15, 0.2) is 52.3 Å². The molecule has 2 aromatic heterocycles. The Kier molecular flexibility index (Phi) is 5.00. The summed E-state index contributed by atoms with van der Waals surface area (Å²) >= 11 is 0.561. The molecule has 0 amide bonds. The smallest absolute Gasteiger partial charge is 0.272 e. The van der Waals surface area contributed by atoms with E-state index in [1.165, 1.54) is 25.3 Å². The number of benzene rings is 2. The molecule has 2 aromatic carbocycles. The zero-order valence-electron chi connectivity index (χ0n) is 15.8. The molecular formula is C19H15FN4O4S2. The number of hydrogen-bond donors (Lipinski definition) is 2. The van der Waals surface area contributed by atoms with Crippen molar-refractivity contribution in [3.8, 4) is 17.0 Å². The molecule has 0 saturated heterocycles. The van der Waals surface area contributed by atoms with Crippen LogP contribution in [0.2, 0.25) is 0 Å². The summed E-state index contributed by atoms with van der Waals surface area (Å²) in [4.78, 5) is 15.9. The maximum Gasteiger partial charge on any atom is 0.272 e.